The van der Waals surface area contributed by atoms with Crippen molar-refractivity contribution in [1.82, 2.24) is 20.3 Å². The van der Waals surface area contributed by atoms with Crippen molar-refractivity contribution in [3.8, 4) is 0 Å². The van der Waals surface area contributed by atoms with Gasteiger partial charge in [-0.15, -0.1) is 5.10 Å². The van der Waals surface area contributed by atoms with Crippen molar-refractivity contribution in [2.24, 2.45) is 5.41 Å². The number of aliphatic hydroxyl groups is 1. The Bertz CT molecular complexity index is 509. The molecule has 1 fully saturated rings. The zero-order valence-corrected chi connectivity index (χ0v) is 12.7. The molecule has 1 amide bonds. The van der Waals surface area contributed by atoms with Crippen LogP contribution in [0.1, 0.15) is 56.2 Å². The minimum atomic E-state index is -0.832. The molecule has 1 aliphatic rings. The van der Waals surface area contributed by atoms with Crippen LogP contribution in [-0.4, -0.2) is 38.2 Å². The SMILES string of the molecule is CCn1nnc(C)c1C(=O)NCC1(O)CCCC1(C)C. The van der Waals surface area contributed by atoms with E-state index >= 15 is 0 Å². The molecular formula is C14H24N4O2. The van der Waals surface area contributed by atoms with Crippen molar-refractivity contribution >= 4 is 5.91 Å². The van der Waals surface area contributed by atoms with Crippen LogP contribution in [0.3, 0.4) is 0 Å². The highest BCUT2D eigenvalue weighted by atomic mass is 16.3. The lowest BCUT2D eigenvalue weighted by Gasteiger charge is -2.36. The van der Waals surface area contributed by atoms with Gasteiger partial charge in [0.15, 0.2) is 0 Å². The first kappa shape index (κ1) is 15.0. The average molecular weight is 280 g/mol. The number of aryl methyl sites for hydroxylation is 2. The minimum Gasteiger partial charge on any atom is -0.387 e. The number of hydrogen-bond donors (Lipinski definition) is 2. The molecule has 1 atom stereocenters. The van der Waals surface area contributed by atoms with E-state index < -0.39 is 5.60 Å². The van der Waals surface area contributed by atoms with E-state index in [-0.39, 0.29) is 17.9 Å². The summed E-state index contributed by atoms with van der Waals surface area (Å²) in [5, 5.41) is 21.4. The average Bonchev–Trinajstić information content (AvgIpc) is 2.88. The normalized spacial score (nSPS) is 24.9. The monoisotopic (exact) mass is 280 g/mol. The van der Waals surface area contributed by atoms with Crippen molar-refractivity contribution < 1.29 is 9.90 Å². The number of nitrogens with one attached hydrogen (secondary N) is 1. The molecule has 1 aliphatic carbocycles. The Labute approximate surface area is 119 Å². The Kier molecular flexibility index (Phi) is 3.86. The molecule has 112 valence electrons. The highest BCUT2D eigenvalue weighted by Gasteiger charge is 2.47. The van der Waals surface area contributed by atoms with Gasteiger partial charge in [-0.3, -0.25) is 4.79 Å². The molecule has 1 aromatic rings. The van der Waals surface area contributed by atoms with Gasteiger partial charge in [0, 0.05) is 13.1 Å². The van der Waals surface area contributed by atoms with E-state index in [1.54, 1.807) is 11.6 Å². The van der Waals surface area contributed by atoms with Crippen molar-refractivity contribution in [3.05, 3.63) is 11.4 Å². The van der Waals surface area contributed by atoms with Crippen LogP contribution in [0.2, 0.25) is 0 Å². The molecule has 0 bridgehead atoms. The molecule has 6 nitrogen and oxygen atoms in total. The van der Waals surface area contributed by atoms with Gasteiger partial charge < -0.3 is 10.4 Å². The van der Waals surface area contributed by atoms with E-state index in [0.29, 0.717) is 17.9 Å². The van der Waals surface area contributed by atoms with Crippen molar-refractivity contribution in [2.45, 2.75) is 59.1 Å². The summed E-state index contributed by atoms with van der Waals surface area (Å²) in [5.74, 6) is -0.217. The second-order valence-electron chi connectivity index (χ2n) is 6.29. The molecule has 0 aliphatic heterocycles. The quantitative estimate of drug-likeness (QED) is 0.870. The number of aromatic nitrogens is 3. The minimum absolute atomic E-state index is 0.168. The summed E-state index contributed by atoms with van der Waals surface area (Å²) in [6, 6.07) is 0. The Morgan fingerprint density at radius 3 is 2.70 bits per heavy atom. The number of amides is 1. The molecule has 0 spiro atoms. The predicted molar refractivity (Wildman–Crippen MR) is 75.3 cm³/mol. The van der Waals surface area contributed by atoms with Gasteiger partial charge >= 0.3 is 0 Å². The number of carbonyl (C=O) groups excluding carboxylic acids is 1. The first-order valence-electron chi connectivity index (χ1n) is 7.21. The summed E-state index contributed by atoms with van der Waals surface area (Å²) in [4.78, 5) is 12.3. The Morgan fingerprint density at radius 2 is 2.15 bits per heavy atom. The van der Waals surface area contributed by atoms with E-state index in [1.807, 2.05) is 6.92 Å². The fourth-order valence-electron chi connectivity index (χ4n) is 2.93. The molecule has 2 N–H and O–H groups in total. The van der Waals surface area contributed by atoms with Gasteiger partial charge in [-0.1, -0.05) is 19.1 Å². The Balaban J connectivity index is 2.08. The number of rotatable bonds is 4. The molecule has 1 heterocycles. The standard InChI is InChI=1S/C14H24N4O2/c1-5-18-11(10(2)16-17-18)12(19)15-9-14(20)8-6-7-13(14,3)4/h20H,5-9H2,1-4H3,(H,15,19). The fourth-order valence-corrected chi connectivity index (χ4v) is 2.93. The molecule has 20 heavy (non-hydrogen) atoms. The second-order valence-corrected chi connectivity index (χ2v) is 6.29. The third-order valence-corrected chi connectivity index (χ3v) is 4.61. The third kappa shape index (κ3) is 2.44. The van der Waals surface area contributed by atoms with Crippen molar-refractivity contribution in [1.29, 1.82) is 0 Å². The van der Waals surface area contributed by atoms with Crippen LogP contribution in [0.5, 0.6) is 0 Å². The summed E-state index contributed by atoms with van der Waals surface area (Å²) < 4.78 is 1.58. The topological polar surface area (TPSA) is 80.0 Å². The van der Waals surface area contributed by atoms with Crippen LogP contribution in [-0.2, 0) is 6.54 Å². The highest BCUT2D eigenvalue weighted by Crippen LogP contribution is 2.45. The van der Waals surface area contributed by atoms with Gasteiger partial charge in [-0.2, -0.15) is 0 Å². The van der Waals surface area contributed by atoms with Crippen LogP contribution >= 0.6 is 0 Å². The number of hydrogen-bond acceptors (Lipinski definition) is 4. The van der Waals surface area contributed by atoms with Crippen LogP contribution < -0.4 is 5.32 Å². The molecular weight excluding hydrogens is 256 g/mol. The van der Waals surface area contributed by atoms with Crippen LogP contribution in [0.15, 0.2) is 0 Å². The number of carbonyl (C=O) groups is 1. The van der Waals surface area contributed by atoms with Gasteiger partial charge in [-0.25, -0.2) is 4.68 Å². The lowest BCUT2D eigenvalue weighted by atomic mass is 9.78. The van der Waals surface area contributed by atoms with Gasteiger partial charge in [0.1, 0.15) is 5.69 Å². The summed E-state index contributed by atoms with van der Waals surface area (Å²) in [6.45, 7) is 8.65. The molecule has 2 rings (SSSR count). The highest BCUT2D eigenvalue weighted by molar-refractivity contribution is 5.93. The predicted octanol–water partition coefficient (Wildman–Crippen LogP) is 1.28. The second kappa shape index (κ2) is 5.16. The van der Waals surface area contributed by atoms with E-state index in [0.717, 1.165) is 19.3 Å². The van der Waals surface area contributed by atoms with E-state index in [4.69, 9.17) is 0 Å². The third-order valence-electron chi connectivity index (χ3n) is 4.61. The molecule has 1 aromatic heterocycles. The fraction of sp³-hybridized carbons (Fsp3) is 0.786. The molecule has 0 radical (unpaired) electrons. The maximum Gasteiger partial charge on any atom is 0.271 e. The summed E-state index contributed by atoms with van der Waals surface area (Å²) in [6.07, 6.45) is 2.70. The first-order valence-corrected chi connectivity index (χ1v) is 7.21. The smallest absolute Gasteiger partial charge is 0.271 e. The number of nitrogens with zero attached hydrogens (tertiary/aromatic N) is 3. The maximum atomic E-state index is 12.3. The van der Waals surface area contributed by atoms with Gasteiger partial charge in [0.25, 0.3) is 5.91 Å². The van der Waals surface area contributed by atoms with Gasteiger partial charge in [-0.05, 0) is 38.5 Å². The Hall–Kier alpha value is -1.43. The van der Waals surface area contributed by atoms with Crippen LogP contribution in [0.25, 0.3) is 0 Å². The lowest BCUT2D eigenvalue weighted by Crippen LogP contribution is -2.49. The largest absolute Gasteiger partial charge is 0.387 e. The van der Waals surface area contributed by atoms with E-state index in [1.165, 1.54) is 0 Å². The van der Waals surface area contributed by atoms with Crippen molar-refractivity contribution in [2.75, 3.05) is 6.54 Å². The van der Waals surface area contributed by atoms with E-state index in [2.05, 4.69) is 29.5 Å². The summed E-state index contributed by atoms with van der Waals surface area (Å²) in [7, 11) is 0. The van der Waals surface area contributed by atoms with Gasteiger partial charge in [0.2, 0.25) is 0 Å². The molecule has 0 aromatic carbocycles. The van der Waals surface area contributed by atoms with Gasteiger partial charge in [0.05, 0.1) is 11.3 Å². The summed E-state index contributed by atoms with van der Waals surface area (Å²) >= 11 is 0. The first-order chi connectivity index (χ1) is 9.31. The van der Waals surface area contributed by atoms with Crippen molar-refractivity contribution in [3.63, 3.8) is 0 Å². The zero-order chi connectivity index (χ0) is 15.0. The molecule has 0 saturated heterocycles. The Morgan fingerprint density at radius 1 is 1.45 bits per heavy atom. The zero-order valence-electron chi connectivity index (χ0n) is 12.7. The summed E-state index contributed by atoms with van der Waals surface area (Å²) in [5.41, 5.74) is 0.0912. The van der Waals surface area contributed by atoms with Crippen LogP contribution in [0.4, 0.5) is 0 Å². The lowest BCUT2D eigenvalue weighted by molar-refractivity contribution is -0.0394. The molecule has 1 unspecified atom stereocenters. The molecule has 6 heteroatoms. The maximum absolute atomic E-state index is 12.3. The van der Waals surface area contributed by atoms with Crippen LogP contribution in [0, 0.1) is 12.3 Å². The molecule has 1 saturated carbocycles. The van der Waals surface area contributed by atoms with E-state index in [9.17, 15) is 9.90 Å².